The Kier molecular flexibility index (Phi) is 3.76. The van der Waals surface area contributed by atoms with Gasteiger partial charge in [-0.1, -0.05) is 0 Å². The topological polar surface area (TPSA) is 58.4 Å². The first-order valence-corrected chi connectivity index (χ1v) is 5.95. The van der Waals surface area contributed by atoms with Crippen molar-refractivity contribution in [2.24, 2.45) is 5.92 Å². The molecule has 1 aliphatic heterocycles. The van der Waals surface area contributed by atoms with Gasteiger partial charge in [0.1, 0.15) is 11.5 Å². The molecule has 0 aromatic heterocycles. The van der Waals surface area contributed by atoms with Crippen LogP contribution in [0.15, 0.2) is 18.2 Å². The lowest BCUT2D eigenvalue weighted by Gasteiger charge is -2.18. The van der Waals surface area contributed by atoms with Gasteiger partial charge < -0.3 is 10.2 Å². The van der Waals surface area contributed by atoms with Crippen molar-refractivity contribution in [2.45, 2.75) is 6.42 Å². The van der Waals surface area contributed by atoms with Gasteiger partial charge in [-0.25, -0.2) is 4.39 Å². The van der Waals surface area contributed by atoms with E-state index in [2.05, 4.69) is 5.32 Å². The molecule has 1 unspecified atom stereocenters. The summed E-state index contributed by atoms with van der Waals surface area (Å²) in [7, 11) is 1.88. The van der Waals surface area contributed by atoms with Gasteiger partial charge in [-0.05, 0) is 32.0 Å². The summed E-state index contributed by atoms with van der Waals surface area (Å²) in [6.45, 7) is 2.33. The molecule has 5 nitrogen and oxygen atoms in total. The Balaban J connectivity index is 2.23. The van der Waals surface area contributed by atoms with Gasteiger partial charge in [-0.3, -0.25) is 10.1 Å². The lowest BCUT2D eigenvalue weighted by molar-refractivity contribution is -0.384. The summed E-state index contributed by atoms with van der Waals surface area (Å²) in [5.41, 5.74) is 0.361. The first kappa shape index (κ1) is 12.8. The van der Waals surface area contributed by atoms with E-state index in [4.69, 9.17) is 0 Å². The van der Waals surface area contributed by atoms with Gasteiger partial charge in [0.25, 0.3) is 5.69 Å². The third-order valence-electron chi connectivity index (χ3n) is 3.25. The number of benzene rings is 1. The Labute approximate surface area is 105 Å². The highest BCUT2D eigenvalue weighted by Gasteiger charge is 2.27. The van der Waals surface area contributed by atoms with Gasteiger partial charge in [0.05, 0.1) is 4.92 Å². The van der Waals surface area contributed by atoms with E-state index in [1.54, 1.807) is 0 Å². The van der Waals surface area contributed by atoms with Gasteiger partial charge in [-0.15, -0.1) is 0 Å². The highest BCUT2D eigenvalue weighted by molar-refractivity contribution is 5.63. The van der Waals surface area contributed by atoms with E-state index in [1.807, 2.05) is 11.9 Å². The number of nitro benzene ring substituents is 1. The van der Waals surface area contributed by atoms with E-state index in [1.165, 1.54) is 12.1 Å². The van der Waals surface area contributed by atoms with Gasteiger partial charge in [0.15, 0.2) is 0 Å². The Bertz CT molecular complexity index is 453. The summed E-state index contributed by atoms with van der Waals surface area (Å²) in [6, 6.07) is 3.61. The quantitative estimate of drug-likeness (QED) is 0.656. The monoisotopic (exact) mass is 253 g/mol. The highest BCUT2D eigenvalue weighted by atomic mass is 19.1. The third-order valence-corrected chi connectivity index (χ3v) is 3.25. The molecule has 0 radical (unpaired) electrons. The molecule has 1 aliphatic rings. The maximum atomic E-state index is 13.2. The van der Waals surface area contributed by atoms with Crippen molar-refractivity contribution in [1.82, 2.24) is 5.32 Å². The molecule has 1 aromatic carbocycles. The fraction of sp³-hybridized carbons (Fsp3) is 0.500. The molecule has 1 saturated heterocycles. The number of rotatable bonds is 4. The average Bonchev–Trinajstić information content (AvgIpc) is 2.77. The molecule has 1 aromatic rings. The van der Waals surface area contributed by atoms with Crippen LogP contribution in [0.1, 0.15) is 6.42 Å². The number of hydrogen-bond acceptors (Lipinski definition) is 4. The van der Waals surface area contributed by atoms with Crippen molar-refractivity contribution in [2.75, 3.05) is 31.6 Å². The number of anilines is 1. The van der Waals surface area contributed by atoms with Crippen LogP contribution in [0.3, 0.4) is 0 Å². The molecule has 1 N–H and O–H groups in total. The summed E-state index contributed by atoms with van der Waals surface area (Å²) in [4.78, 5) is 12.4. The van der Waals surface area contributed by atoms with Crippen LogP contribution in [0.25, 0.3) is 0 Å². The molecule has 1 heterocycles. The molecule has 0 aliphatic carbocycles. The Morgan fingerprint density at radius 1 is 1.61 bits per heavy atom. The van der Waals surface area contributed by atoms with E-state index in [9.17, 15) is 14.5 Å². The SMILES string of the molecule is CNCC1CCN(c2cc(F)ccc2[N+](=O)[O-])C1. The van der Waals surface area contributed by atoms with E-state index in [-0.39, 0.29) is 5.69 Å². The molecule has 6 heteroatoms. The van der Waals surface area contributed by atoms with Crippen molar-refractivity contribution < 1.29 is 9.31 Å². The molecule has 2 rings (SSSR count). The second-order valence-electron chi connectivity index (χ2n) is 4.55. The van der Waals surface area contributed by atoms with Crippen LogP contribution in [0.2, 0.25) is 0 Å². The van der Waals surface area contributed by atoms with E-state index in [0.717, 1.165) is 32.1 Å². The van der Waals surface area contributed by atoms with Crippen LogP contribution < -0.4 is 10.2 Å². The van der Waals surface area contributed by atoms with Gasteiger partial charge >= 0.3 is 0 Å². The first-order chi connectivity index (χ1) is 8.61. The summed E-state index contributed by atoms with van der Waals surface area (Å²) in [5, 5.41) is 14.0. The Morgan fingerprint density at radius 3 is 3.06 bits per heavy atom. The number of hydrogen-bond donors (Lipinski definition) is 1. The van der Waals surface area contributed by atoms with Crippen molar-refractivity contribution in [3.8, 4) is 0 Å². The fourth-order valence-electron chi connectivity index (χ4n) is 2.41. The van der Waals surface area contributed by atoms with Crippen LogP contribution in [-0.4, -0.2) is 31.6 Å². The van der Waals surface area contributed by atoms with Crippen LogP contribution in [-0.2, 0) is 0 Å². The van der Waals surface area contributed by atoms with E-state index in [0.29, 0.717) is 11.6 Å². The Morgan fingerprint density at radius 2 is 2.39 bits per heavy atom. The molecule has 1 fully saturated rings. The normalized spacial score (nSPS) is 19.2. The van der Waals surface area contributed by atoms with Gasteiger partial charge in [-0.2, -0.15) is 0 Å². The Hall–Kier alpha value is -1.69. The zero-order valence-corrected chi connectivity index (χ0v) is 10.2. The predicted octanol–water partition coefficient (Wildman–Crippen LogP) is 1.78. The average molecular weight is 253 g/mol. The predicted molar refractivity (Wildman–Crippen MR) is 67.3 cm³/mol. The molecular formula is C12H16FN3O2. The van der Waals surface area contributed by atoms with E-state index < -0.39 is 10.7 Å². The molecule has 1 atom stereocenters. The number of halogens is 1. The minimum Gasteiger partial charge on any atom is -0.366 e. The molecule has 0 bridgehead atoms. The zero-order valence-electron chi connectivity index (χ0n) is 10.2. The standard InChI is InChI=1S/C12H16FN3O2/c1-14-7-9-4-5-15(8-9)12-6-10(13)2-3-11(12)16(17)18/h2-3,6,9,14H,4-5,7-8H2,1H3. The molecule has 0 spiro atoms. The third kappa shape index (κ3) is 2.59. The number of nitrogens with zero attached hydrogens (tertiary/aromatic N) is 2. The lowest BCUT2D eigenvalue weighted by Crippen LogP contribution is -2.24. The van der Waals surface area contributed by atoms with Crippen molar-refractivity contribution >= 4 is 11.4 Å². The van der Waals surface area contributed by atoms with Crippen molar-refractivity contribution in [1.29, 1.82) is 0 Å². The molecule has 0 saturated carbocycles. The van der Waals surface area contributed by atoms with Crippen LogP contribution >= 0.6 is 0 Å². The van der Waals surface area contributed by atoms with Crippen molar-refractivity contribution in [3.05, 3.63) is 34.1 Å². The zero-order chi connectivity index (χ0) is 13.1. The lowest BCUT2D eigenvalue weighted by atomic mass is 10.1. The molecule has 18 heavy (non-hydrogen) atoms. The van der Waals surface area contributed by atoms with Crippen molar-refractivity contribution in [3.63, 3.8) is 0 Å². The second-order valence-corrected chi connectivity index (χ2v) is 4.55. The van der Waals surface area contributed by atoms with Crippen LogP contribution in [0.5, 0.6) is 0 Å². The molecular weight excluding hydrogens is 237 g/mol. The van der Waals surface area contributed by atoms with Gasteiger partial charge in [0.2, 0.25) is 0 Å². The summed E-state index contributed by atoms with van der Waals surface area (Å²) in [5.74, 6) is 0.0190. The van der Waals surface area contributed by atoms with Gasteiger partial charge in [0, 0.05) is 25.2 Å². The minimum atomic E-state index is -0.458. The molecule has 98 valence electrons. The fourth-order valence-corrected chi connectivity index (χ4v) is 2.41. The second kappa shape index (κ2) is 5.30. The number of nitrogens with one attached hydrogen (secondary N) is 1. The van der Waals surface area contributed by atoms with Crippen LogP contribution in [0, 0.1) is 21.8 Å². The van der Waals surface area contributed by atoms with Crippen LogP contribution in [0.4, 0.5) is 15.8 Å². The highest BCUT2D eigenvalue weighted by Crippen LogP contribution is 2.32. The number of nitro groups is 1. The maximum Gasteiger partial charge on any atom is 0.292 e. The van der Waals surface area contributed by atoms with E-state index >= 15 is 0 Å². The largest absolute Gasteiger partial charge is 0.366 e. The summed E-state index contributed by atoms with van der Waals surface area (Å²) >= 11 is 0. The minimum absolute atomic E-state index is 0.0264. The summed E-state index contributed by atoms with van der Waals surface area (Å²) < 4.78 is 13.2. The smallest absolute Gasteiger partial charge is 0.292 e. The summed E-state index contributed by atoms with van der Waals surface area (Å²) in [6.07, 6.45) is 0.967. The molecule has 0 amide bonds. The maximum absolute atomic E-state index is 13.2. The first-order valence-electron chi connectivity index (χ1n) is 5.95.